The number of ether oxygens (including phenoxy) is 1. The maximum Gasteiger partial charge on any atom is 0.406 e. The van der Waals surface area contributed by atoms with E-state index in [2.05, 4.69) is 0 Å². The summed E-state index contributed by atoms with van der Waals surface area (Å²) in [7, 11) is -3.86. The molecule has 0 spiro atoms. The Hall–Kier alpha value is -3.47. The van der Waals surface area contributed by atoms with Gasteiger partial charge in [0.05, 0.1) is 10.7 Å². The third-order valence-corrected chi connectivity index (χ3v) is 7.89. The van der Waals surface area contributed by atoms with Gasteiger partial charge < -0.3 is 10.5 Å². The van der Waals surface area contributed by atoms with Gasteiger partial charge in [-0.2, -0.15) is 4.31 Å². The first-order valence-corrected chi connectivity index (χ1v) is 12.7. The second-order valence-electron chi connectivity index (χ2n) is 8.06. The Labute approximate surface area is 207 Å². The number of rotatable bonds is 7. The number of halogens is 1. The van der Waals surface area contributed by atoms with Crippen molar-refractivity contribution in [3.05, 3.63) is 98.6 Å². The van der Waals surface area contributed by atoms with Crippen molar-refractivity contribution in [3.63, 3.8) is 0 Å². The zero-order valence-corrected chi connectivity index (χ0v) is 20.0. The number of nitro benzene ring substituents is 1. The van der Waals surface area contributed by atoms with Crippen LogP contribution in [0, 0.1) is 10.1 Å². The molecule has 3 aromatic rings. The van der Waals surface area contributed by atoms with E-state index >= 15 is 0 Å². The van der Waals surface area contributed by atoms with Crippen molar-refractivity contribution >= 4 is 33.4 Å². The smallest absolute Gasteiger partial charge is 0.406 e. The van der Waals surface area contributed by atoms with E-state index in [1.54, 1.807) is 12.1 Å². The molecule has 4 rings (SSSR count). The summed E-state index contributed by atoms with van der Waals surface area (Å²) in [5.41, 5.74) is 8.77. The van der Waals surface area contributed by atoms with Gasteiger partial charge in [-0.05, 0) is 53.3 Å². The summed E-state index contributed by atoms with van der Waals surface area (Å²) in [5.74, 6) is -0.214. The molecule has 11 heteroatoms. The SMILES string of the molecule is NC(=O)OC1c2ccc([N+](=O)[O-])cc2CCN1S(=O)(=O)CCc1ccc(-c2ccc(Cl)cc2)cc1. The standard InChI is InChI=1S/C24H22ClN3O6S/c25-20-7-5-18(6-8-20)17-3-1-16(2-4-17)12-14-35(32,33)27-13-11-19-15-21(28(30)31)9-10-22(19)23(27)34-24(26)29/h1-10,15,23H,11-14H2,(H2,26,29). The van der Waals surface area contributed by atoms with Gasteiger partial charge in [-0.15, -0.1) is 0 Å². The molecule has 0 saturated heterocycles. The number of nitrogens with two attached hydrogens (primary N) is 1. The number of sulfonamides is 1. The molecule has 9 nitrogen and oxygen atoms in total. The number of amides is 1. The van der Waals surface area contributed by atoms with Crippen molar-refractivity contribution in [2.75, 3.05) is 12.3 Å². The third kappa shape index (κ3) is 5.61. The summed E-state index contributed by atoms with van der Waals surface area (Å²) in [6, 6.07) is 19.0. The Bertz CT molecular complexity index is 1360. The normalized spacial score (nSPS) is 15.9. The Balaban J connectivity index is 1.51. The minimum absolute atomic E-state index is 0.00392. The van der Waals surface area contributed by atoms with Gasteiger partial charge >= 0.3 is 6.09 Å². The van der Waals surface area contributed by atoms with Gasteiger partial charge in [-0.3, -0.25) is 10.1 Å². The molecule has 35 heavy (non-hydrogen) atoms. The first kappa shape index (κ1) is 24.6. The number of primary amides is 1. The van der Waals surface area contributed by atoms with Crippen LogP contribution >= 0.6 is 11.6 Å². The summed E-state index contributed by atoms with van der Waals surface area (Å²) in [6.45, 7) is 0.00392. The lowest BCUT2D eigenvalue weighted by Gasteiger charge is -2.35. The highest BCUT2D eigenvalue weighted by Crippen LogP contribution is 2.35. The van der Waals surface area contributed by atoms with E-state index in [0.717, 1.165) is 21.0 Å². The summed E-state index contributed by atoms with van der Waals surface area (Å²) in [4.78, 5) is 22.1. The van der Waals surface area contributed by atoms with Gasteiger partial charge in [0.15, 0.2) is 6.23 Å². The second kappa shape index (κ2) is 10.0. The summed E-state index contributed by atoms with van der Waals surface area (Å²) < 4.78 is 32.7. The molecule has 0 fully saturated rings. The third-order valence-electron chi connectivity index (χ3n) is 5.83. The number of hydrogen-bond donors (Lipinski definition) is 1. The zero-order chi connectivity index (χ0) is 25.2. The number of aryl methyl sites for hydroxylation is 1. The molecular weight excluding hydrogens is 494 g/mol. The van der Waals surface area contributed by atoms with Crippen LogP contribution in [0.25, 0.3) is 11.1 Å². The maximum absolute atomic E-state index is 13.2. The van der Waals surface area contributed by atoms with Crippen molar-refractivity contribution < 1.29 is 22.9 Å². The largest absolute Gasteiger partial charge is 0.425 e. The summed E-state index contributed by atoms with van der Waals surface area (Å²) >= 11 is 5.94. The van der Waals surface area contributed by atoms with Gasteiger partial charge in [0.1, 0.15) is 0 Å². The number of carbonyl (C=O) groups excluding carboxylic acids is 1. The van der Waals surface area contributed by atoms with Crippen LogP contribution in [-0.2, 0) is 27.6 Å². The first-order valence-electron chi connectivity index (χ1n) is 10.7. The van der Waals surface area contributed by atoms with Crippen LogP contribution in [-0.4, -0.2) is 36.0 Å². The molecule has 0 bridgehead atoms. The molecule has 3 aromatic carbocycles. The molecule has 2 N–H and O–H groups in total. The number of nitro groups is 1. The monoisotopic (exact) mass is 515 g/mol. The predicted molar refractivity (Wildman–Crippen MR) is 131 cm³/mol. The lowest BCUT2D eigenvalue weighted by molar-refractivity contribution is -0.385. The predicted octanol–water partition coefficient (Wildman–Crippen LogP) is 4.44. The Morgan fingerprint density at radius 2 is 1.71 bits per heavy atom. The molecule has 0 radical (unpaired) electrons. The fourth-order valence-electron chi connectivity index (χ4n) is 4.05. The fraction of sp³-hybridized carbons (Fsp3) is 0.208. The van der Waals surface area contributed by atoms with Gasteiger partial charge in [0.2, 0.25) is 10.0 Å². The molecule has 1 aliphatic heterocycles. The number of non-ortho nitro benzene ring substituents is 1. The number of benzene rings is 3. The van der Waals surface area contributed by atoms with E-state index in [0.29, 0.717) is 16.1 Å². The molecule has 1 heterocycles. The second-order valence-corrected chi connectivity index (χ2v) is 10.5. The van der Waals surface area contributed by atoms with Crippen molar-refractivity contribution in [2.45, 2.75) is 19.1 Å². The molecule has 1 unspecified atom stereocenters. The van der Waals surface area contributed by atoms with Crippen LogP contribution < -0.4 is 5.73 Å². The minimum atomic E-state index is -3.86. The Kier molecular flexibility index (Phi) is 7.06. The van der Waals surface area contributed by atoms with Crippen molar-refractivity contribution in [1.29, 1.82) is 0 Å². The van der Waals surface area contributed by atoms with E-state index in [1.807, 2.05) is 36.4 Å². The average molecular weight is 516 g/mol. The minimum Gasteiger partial charge on any atom is -0.425 e. The van der Waals surface area contributed by atoms with Crippen LogP contribution in [0.3, 0.4) is 0 Å². The molecule has 1 atom stereocenters. The van der Waals surface area contributed by atoms with Gasteiger partial charge in [0, 0.05) is 29.3 Å². The van der Waals surface area contributed by atoms with E-state index < -0.39 is 27.3 Å². The van der Waals surface area contributed by atoms with E-state index in [1.165, 1.54) is 18.2 Å². The lowest BCUT2D eigenvalue weighted by atomic mass is 9.99. The van der Waals surface area contributed by atoms with Gasteiger partial charge in [0.25, 0.3) is 5.69 Å². The maximum atomic E-state index is 13.2. The molecule has 0 saturated carbocycles. The number of hydrogen-bond acceptors (Lipinski definition) is 6. The molecule has 0 aromatic heterocycles. The highest BCUT2D eigenvalue weighted by atomic mass is 35.5. The molecular formula is C24H22ClN3O6S. The van der Waals surface area contributed by atoms with Crippen LogP contribution in [0.15, 0.2) is 66.7 Å². The summed E-state index contributed by atoms with van der Waals surface area (Å²) in [6.07, 6.45) is -1.94. The van der Waals surface area contributed by atoms with Crippen LogP contribution in [0.5, 0.6) is 0 Å². The van der Waals surface area contributed by atoms with Crippen LogP contribution in [0.2, 0.25) is 5.02 Å². The van der Waals surface area contributed by atoms with Crippen molar-refractivity contribution in [1.82, 2.24) is 4.31 Å². The van der Waals surface area contributed by atoms with Crippen LogP contribution in [0.1, 0.15) is 22.9 Å². The Morgan fingerprint density at radius 1 is 1.09 bits per heavy atom. The highest BCUT2D eigenvalue weighted by molar-refractivity contribution is 7.89. The molecule has 1 aliphatic rings. The topological polar surface area (TPSA) is 133 Å². The molecule has 182 valence electrons. The summed E-state index contributed by atoms with van der Waals surface area (Å²) in [5, 5.41) is 11.7. The van der Waals surface area contributed by atoms with Crippen molar-refractivity contribution in [3.8, 4) is 11.1 Å². The van der Waals surface area contributed by atoms with E-state index in [-0.39, 0.29) is 30.8 Å². The average Bonchev–Trinajstić information content (AvgIpc) is 2.83. The van der Waals surface area contributed by atoms with E-state index in [9.17, 15) is 23.3 Å². The first-order chi connectivity index (χ1) is 16.6. The van der Waals surface area contributed by atoms with Gasteiger partial charge in [-0.1, -0.05) is 48.0 Å². The number of nitrogens with zero attached hydrogens (tertiary/aromatic N) is 2. The van der Waals surface area contributed by atoms with Gasteiger partial charge in [-0.25, -0.2) is 13.2 Å². The molecule has 1 amide bonds. The fourth-order valence-corrected chi connectivity index (χ4v) is 5.73. The zero-order valence-electron chi connectivity index (χ0n) is 18.5. The number of carbonyl (C=O) groups is 1. The lowest BCUT2D eigenvalue weighted by Crippen LogP contribution is -2.44. The quantitative estimate of drug-likeness (QED) is 0.365. The Morgan fingerprint density at radius 3 is 2.31 bits per heavy atom. The molecule has 0 aliphatic carbocycles. The van der Waals surface area contributed by atoms with E-state index in [4.69, 9.17) is 22.1 Å². The highest BCUT2D eigenvalue weighted by Gasteiger charge is 2.38. The number of fused-ring (bicyclic) bond motifs is 1. The van der Waals surface area contributed by atoms with Crippen molar-refractivity contribution in [2.24, 2.45) is 5.73 Å². The van der Waals surface area contributed by atoms with Crippen LogP contribution in [0.4, 0.5) is 10.5 Å².